The Morgan fingerprint density at radius 3 is 2.33 bits per heavy atom. The van der Waals surface area contributed by atoms with Gasteiger partial charge in [0.2, 0.25) is 5.91 Å². The third-order valence-electron chi connectivity index (χ3n) is 7.48. The van der Waals surface area contributed by atoms with Gasteiger partial charge in [-0.15, -0.1) is 0 Å². The Bertz CT molecular complexity index is 1070. The largest absolute Gasteiger partial charge is 0.493 e. The normalized spacial score (nSPS) is 19.3. The van der Waals surface area contributed by atoms with E-state index in [1.807, 2.05) is 59.2 Å². The quantitative estimate of drug-likeness (QED) is 0.601. The first-order valence-corrected chi connectivity index (χ1v) is 12.9. The van der Waals surface area contributed by atoms with Crippen LogP contribution in [0.25, 0.3) is 0 Å². The van der Waals surface area contributed by atoms with Crippen LogP contribution in [0, 0.1) is 12.8 Å². The summed E-state index contributed by atoms with van der Waals surface area (Å²) in [6.07, 6.45) is 2.96. The number of aryl methyl sites for hydroxylation is 1. The number of rotatable bonds is 8. The lowest BCUT2D eigenvalue weighted by atomic mass is 9.94. The first-order chi connectivity index (χ1) is 17.3. The highest BCUT2D eigenvalue weighted by Crippen LogP contribution is 2.35. The van der Waals surface area contributed by atoms with E-state index in [0.29, 0.717) is 37.1 Å². The number of nitrogens with zero attached hydrogens (tertiary/aromatic N) is 2. The molecule has 2 aromatic carbocycles. The van der Waals surface area contributed by atoms with Gasteiger partial charge in [-0.25, -0.2) is 0 Å². The van der Waals surface area contributed by atoms with Crippen molar-refractivity contribution in [1.82, 2.24) is 15.1 Å². The maximum Gasteiger partial charge on any atom is 0.253 e. The number of ether oxygens (including phenoxy) is 2. The van der Waals surface area contributed by atoms with Crippen LogP contribution < -0.4 is 14.8 Å². The Labute approximate surface area is 214 Å². The summed E-state index contributed by atoms with van der Waals surface area (Å²) in [7, 11) is 3.26. The predicted molar refractivity (Wildman–Crippen MR) is 140 cm³/mol. The first kappa shape index (κ1) is 26.0. The molecule has 2 aromatic rings. The molecular formula is C29H39N3O4. The average molecular weight is 494 g/mol. The Morgan fingerprint density at radius 2 is 1.72 bits per heavy atom. The topological polar surface area (TPSA) is 71.1 Å². The Kier molecular flexibility index (Phi) is 7.88. The van der Waals surface area contributed by atoms with Crippen LogP contribution >= 0.6 is 0 Å². The number of benzene rings is 2. The van der Waals surface area contributed by atoms with Crippen molar-refractivity contribution >= 4 is 11.8 Å². The van der Waals surface area contributed by atoms with Crippen LogP contribution in [-0.2, 0) is 11.2 Å². The lowest BCUT2D eigenvalue weighted by molar-refractivity contribution is -0.133. The fourth-order valence-corrected chi connectivity index (χ4v) is 5.47. The number of amides is 2. The molecule has 4 rings (SSSR count). The summed E-state index contributed by atoms with van der Waals surface area (Å²) in [5, 5.41) is 3.72. The molecule has 0 aliphatic carbocycles. The Morgan fingerprint density at radius 1 is 1.06 bits per heavy atom. The maximum absolute atomic E-state index is 13.6. The molecule has 0 aromatic heterocycles. The fourth-order valence-electron chi connectivity index (χ4n) is 5.47. The first-order valence-electron chi connectivity index (χ1n) is 12.9. The van der Waals surface area contributed by atoms with Gasteiger partial charge in [-0.1, -0.05) is 37.6 Å². The highest BCUT2D eigenvalue weighted by Gasteiger charge is 2.51. The van der Waals surface area contributed by atoms with E-state index >= 15 is 0 Å². The molecule has 7 nitrogen and oxygen atoms in total. The molecule has 2 aliphatic rings. The Hall–Kier alpha value is -3.06. The van der Waals surface area contributed by atoms with Gasteiger partial charge in [-0.05, 0) is 55.5 Å². The second kappa shape index (κ2) is 10.9. The van der Waals surface area contributed by atoms with Crippen LogP contribution in [0.5, 0.6) is 11.5 Å². The second-order valence-corrected chi connectivity index (χ2v) is 10.4. The average Bonchev–Trinajstić information content (AvgIpc) is 3.12. The highest BCUT2D eigenvalue weighted by molar-refractivity contribution is 5.94. The molecule has 2 saturated heterocycles. The summed E-state index contributed by atoms with van der Waals surface area (Å²) in [6.45, 7) is 8.17. The minimum absolute atomic E-state index is 0.0600. The second-order valence-electron chi connectivity index (χ2n) is 10.4. The minimum Gasteiger partial charge on any atom is -0.493 e. The lowest BCUT2D eigenvalue weighted by Gasteiger charge is -2.44. The van der Waals surface area contributed by atoms with Crippen LogP contribution in [0.15, 0.2) is 42.5 Å². The summed E-state index contributed by atoms with van der Waals surface area (Å²) >= 11 is 0. The zero-order valence-electron chi connectivity index (χ0n) is 22.2. The molecule has 36 heavy (non-hydrogen) atoms. The van der Waals surface area contributed by atoms with E-state index in [2.05, 4.69) is 19.2 Å². The van der Waals surface area contributed by atoms with Crippen LogP contribution in [0.2, 0.25) is 0 Å². The van der Waals surface area contributed by atoms with Crippen molar-refractivity contribution in [3.8, 4) is 11.5 Å². The third-order valence-corrected chi connectivity index (χ3v) is 7.48. The number of hydrogen-bond donors (Lipinski definition) is 1. The van der Waals surface area contributed by atoms with Gasteiger partial charge < -0.3 is 19.3 Å². The predicted octanol–water partition coefficient (Wildman–Crippen LogP) is 4.03. The molecular weight excluding hydrogens is 454 g/mol. The van der Waals surface area contributed by atoms with E-state index in [1.54, 1.807) is 14.2 Å². The van der Waals surface area contributed by atoms with Crippen LogP contribution in [0.3, 0.4) is 0 Å². The Balaban J connectivity index is 1.49. The van der Waals surface area contributed by atoms with Crippen molar-refractivity contribution in [3.05, 3.63) is 59.2 Å². The lowest BCUT2D eigenvalue weighted by Crippen LogP contribution is -2.60. The molecule has 0 bridgehead atoms. The number of methoxy groups -OCH3 is 2. The van der Waals surface area contributed by atoms with Crippen molar-refractivity contribution in [2.75, 3.05) is 33.9 Å². The van der Waals surface area contributed by atoms with Crippen molar-refractivity contribution in [1.29, 1.82) is 0 Å². The molecule has 0 saturated carbocycles. The molecule has 7 heteroatoms. The number of hydrogen-bond acceptors (Lipinski definition) is 5. The SMILES string of the molecule is COc1ccc(CCN2C(=O)[C@@H](CC(C)C)NC23CCN(C(=O)c2ccc(C)cc2)CC3)cc1OC. The number of nitrogens with one attached hydrogen (secondary N) is 1. The standard InChI is InChI=1S/C29H39N3O4/c1-20(2)18-24-28(34)32(15-12-22-8-11-25(35-4)26(19-22)36-5)29(30-24)13-16-31(17-14-29)27(33)23-9-6-21(3)7-10-23/h6-11,19-20,24,30H,12-18H2,1-5H3/t24-/m1/s1. The number of likely N-dealkylation sites (tertiary alicyclic amines) is 1. The number of carbonyl (C=O) groups excluding carboxylic acids is 2. The summed E-state index contributed by atoms with van der Waals surface area (Å²) in [5.74, 6) is 2.03. The fraction of sp³-hybridized carbons (Fsp3) is 0.517. The number of piperidine rings is 1. The van der Waals surface area contributed by atoms with Crippen LogP contribution in [0.4, 0.5) is 0 Å². The smallest absolute Gasteiger partial charge is 0.253 e. The molecule has 1 spiro atoms. The zero-order chi connectivity index (χ0) is 25.9. The third kappa shape index (κ3) is 5.36. The van der Waals surface area contributed by atoms with Gasteiger partial charge in [0.25, 0.3) is 5.91 Å². The van der Waals surface area contributed by atoms with Crippen molar-refractivity contribution < 1.29 is 19.1 Å². The maximum atomic E-state index is 13.6. The number of carbonyl (C=O) groups is 2. The minimum atomic E-state index is -0.419. The van der Waals surface area contributed by atoms with E-state index in [-0.39, 0.29) is 17.9 Å². The van der Waals surface area contributed by atoms with Gasteiger partial charge >= 0.3 is 0 Å². The molecule has 1 N–H and O–H groups in total. The van der Waals surface area contributed by atoms with Crippen molar-refractivity contribution in [2.24, 2.45) is 5.92 Å². The molecule has 1 atom stereocenters. The van der Waals surface area contributed by atoms with E-state index in [1.165, 1.54) is 0 Å². The molecule has 2 aliphatic heterocycles. The van der Waals surface area contributed by atoms with E-state index < -0.39 is 5.66 Å². The molecule has 2 heterocycles. The molecule has 0 radical (unpaired) electrons. The summed E-state index contributed by atoms with van der Waals surface area (Å²) in [5.41, 5.74) is 2.53. The zero-order valence-corrected chi connectivity index (χ0v) is 22.2. The molecule has 2 fully saturated rings. The summed E-state index contributed by atoms with van der Waals surface area (Å²) < 4.78 is 10.8. The van der Waals surface area contributed by atoms with Gasteiger partial charge in [0.15, 0.2) is 11.5 Å². The highest BCUT2D eigenvalue weighted by atomic mass is 16.5. The van der Waals surface area contributed by atoms with Gasteiger partial charge in [0.05, 0.1) is 25.9 Å². The van der Waals surface area contributed by atoms with Crippen molar-refractivity contribution in [3.63, 3.8) is 0 Å². The summed E-state index contributed by atoms with van der Waals surface area (Å²) in [6, 6.07) is 13.5. The van der Waals surface area contributed by atoms with Crippen molar-refractivity contribution in [2.45, 2.75) is 58.2 Å². The van der Waals surface area contributed by atoms with E-state index in [9.17, 15) is 9.59 Å². The molecule has 194 valence electrons. The van der Waals surface area contributed by atoms with E-state index in [4.69, 9.17) is 9.47 Å². The molecule has 2 amide bonds. The summed E-state index contributed by atoms with van der Waals surface area (Å²) in [4.78, 5) is 30.6. The van der Waals surface area contributed by atoms with Gasteiger partial charge in [0.1, 0.15) is 0 Å². The van der Waals surface area contributed by atoms with Gasteiger partial charge in [-0.3, -0.25) is 14.9 Å². The van der Waals surface area contributed by atoms with E-state index in [0.717, 1.165) is 42.4 Å². The van der Waals surface area contributed by atoms with Gasteiger partial charge in [0, 0.05) is 38.0 Å². The molecule has 0 unspecified atom stereocenters. The van der Waals surface area contributed by atoms with Crippen LogP contribution in [-0.4, -0.2) is 67.2 Å². The van der Waals surface area contributed by atoms with Crippen LogP contribution in [0.1, 0.15) is 54.6 Å². The monoisotopic (exact) mass is 493 g/mol. The van der Waals surface area contributed by atoms with Gasteiger partial charge in [-0.2, -0.15) is 0 Å².